The smallest absolute Gasteiger partial charge is 0.209 e. The molecule has 0 aliphatic carbocycles. The van der Waals surface area contributed by atoms with Gasteiger partial charge in [0.05, 0.1) is 22.6 Å². The molecular weight excluding hydrogens is 510 g/mol. The van der Waals surface area contributed by atoms with Crippen molar-refractivity contribution in [2.75, 3.05) is 31.1 Å². The third kappa shape index (κ3) is 8.55. The number of carbonyl (C=O) groups excluding carboxylic acids is 1. The van der Waals surface area contributed by atoms with Crippen LogP contribution in [0.1, 0.15) is 17.0 Å². The average molecular weight is 539 g/mol. The number of aromatic nitrogens is 4. The Kier molecular flexibility index (Phi) is 10.6. The van der Waals surface area contributed by atoms with Gasteiger partial charge in [-0.25, -0.2) is 13.8 Å². The number of aryl methyl sites for hydroxylation is 3. The van der Waals surface area contributed by atoms with E-state index in [1.165, 1.54) is 17.7 Å². The summed E-state index contributed by atoms with van der Waals surface area (Å²) in [5.41, 5.74) is 3.80. The summed E-state index contributed by atoms with van der Waals surface area (Å²) < 4.78 is 26.7. The maximum absolute atomic E-state index is 13.4. The number of anilines is 1. The first kappa shape index (κ1) is 28.6. The Hall–Kier alpha value is -3.98. The molecule has 38 heavy (non-hydrogen) atoms. The number of piperazine rings is 1. The summed E-state index contributed by atoms with van der Waals surface area (Å²) in [6, 6.07) is 10.9. The fourth-order valence-corrected chi connectivity index (χ4v) is 3.69. The number of rotatable bonds is 3. The minimum atomic E-state index is -0.643. The number of nitrogens with zero attached hydrogens (tertiary/aromatic N) is 6. The van der Waals surface area contributed by atoms with Crippen LogP contribution in [0.5, 0.6) is 0 Å². The largest absolute Gasteiger partial charge is 0.352 e. The minimum Gasteiger partial charge on any atom is -0.352 e. The summed E-state index contributed by atoms with van der Waals surface area (Å²) in [4.78, 5) is 31.1. The van der Waals surface area contributed by atoms with Crippen LogP contribution in [-0.2, 0) is 4.79 Å². The maximum Gasteiger partial charge on any atom is 0.209 e. The lowest BCUT2D eigenvalue weighted by molar-refractivity contribution is -0.118. The Balaban J connectivity index is 0.000000216. The number of amides is 1. The molecule has 3 aromatic heterocycles. The van der Waals surface area contributed by atoms with Gasteiger partial charge in [-0.15, -0.1) is 0 Å². The Morgan fingerprint density at radius 3 is 2.03 bits per heavy atom. The molecule has 1 aromatic carbocycles. The van der Waals surface area contributed by atoms with Gasteiger partial charge in [-0.05, 0) is 56.7 Å². The van der Waals surface area contributed by atoms with Crippen molar-refractivity contribution in [1.29, 1.82) is 0 Å². The topological polar surface area (TPSA) is 75.1 Å². The van der Waals surface area contributed by atoms with Gasteiger partial charge in [0.15, 0.2) is 0 Å². The molecule has 0 atom stereocenters. The van der Waals surface area contributed by atoms with Crippen molar-refractivity contribution >= 4 is 23.8 Å². The second-order valence-corrected chi connectivity index (χ2v) is 8.96. The number of benzene rings is 1. The van der Waals surface area contributed by atoms with Gasteiger partial charge in [0, 0.05) is 62.1 Å². The quantitative estimate of drug-likeness (QED) is 0.323. The van der Waals surface area contributed by atoms with Gasteiger partial charge in [0.2, 0.25) is 6.41 Å². The zero-order chi connectivity index (χ0) is 27.5. The normalized spacial score (nSPS) is 12.6. The van der Waals surface area contributed by atoms with E-state index in [1.54, 1.807) is 42.5 Å². The first-order chi connectivity index (χ1) is 18.3. The summed E-state index contributed by atoms with van der Waals surface area (Å²) in [6.45, 7) is 8.47. The van der Waals surface area contributed by atoms with Gasteiger partial charge in [0.25, 0.3) is 0 Å². The Morgan fingerprint density at radius 1 is 0.868 bits per heavy atom. The van der Waals surface area contributed by atoms with Crippen molar-refractivity contribution in [2.45, 2.75) is 20.8 Å². The van der Waals surface area contributed by atoms with Crippen LogP contribution in [0.3, 0.4) is 0 Å². The van der Waals surface area contributed by atoms with Crippen molar-refractivity contribution in [2.24, 2.45) is 0 Å². The zero-order valence-electron chi connectivity index (χ0n) is 21.5. The molecule has 0 unspecified atom stereocenters. The Bertz CT molecular complexity index is 1290. The van der Waals surface area contributed by atoms with E-state index in [0.29, 0.717) is 54.0 Å². The molecule has 4 aromatic rings. The van der Waals surface area contributed by atoms with Crippen LogP contribution in [0, 0.1) is 32.4 Å². The third-order valence-corrected chi connectivity index (χ3v) is 5.98. The van der Waals surface area contributed by atoms with Crippen molar-refractivity contribution in [3.63, 3.8) is 0 Å². The number of pyridine rings is 2. The van der Waals surface area contributed by atoms with Gasteiger partial charge in [0.1, 0.15) is 17.5 Å². The summed E-state index contributed by atoms with van der Waals surface area (Å²) in [6.07, 6.45) is 7.54. The monoisotopic (exact) mass is 538 g/mol. The summed E-state index contributed by atoms with van der Waals surface area (Å²) in [5.74, 6) is -0.584. The average Bonchev–Trinajstić information content (AvgIpc) is 2.91. The molecule has 1 saturated heterocycles. The van der Waals surface area contributed by atoms with Crippen LogP contribution in [0.4, 0.5) is 14.6 Å². The molecule has 1 fully saturated rings. The van der Waals surface area contributed by atoms with Crippen LogP contribution >= 0.6 is 11.6 Å². The molecule has 4 heterocycles. The predicted octanol–water partition coefficient (Wildman–Crippen LogP) is 5.44. The summed E-state index contributed by atoms with van der Waals surface area (Å²) in [7, 11) is 0. The van der Waals surface area contributed by atoms with Crippen molar-refractivity contribution < 1.29 is 13.6 Å². The van der Waals surface area contributed by atoms with E-state index in [9.17, 15) is 13.6 Å². The van der Waals surface area contributed by atoms with E-state index in [2.05, 4.69) is 32.9 Å². The second-order valence-electron chi connectivity index (χ2n) is 8.53. The first-order valence-corrected chi connectivity index (χ1v) is 12.3. The number of halogens is 3. The highest BCUT2D eigenvalue weighted by atomic mass is 35.5. The summed E-state index contributed by atoms with van der Waals surface area (Å²) in [5, 5.41) is 0.683. The van der Waals surface area contributed by atoms with Crippen molar-refractivity contribution in [3.8, 4) is 11.3 Å². The summed E-state index contributed by atoms with van der Waals surface area (Å²) >= 11 is 5.48. The zero-order valence-corrected chi connectivity index (χ0v) is 22.2. The molecule has 1 aliphatic rings. The van der Waals surface area contributed by atoms with Crippen LogP contribution in [-0.4, -0.2) is 57.4 Å². The minimum absolute atomic E-state index is 0.366. The Morgan fingerprint density at radius 2 is 1.55 bits per heavy atom. The SMILES string of the molecule is Cc1cccnc1C.Cc1nc(N2CCN(C=O)CC2)cnc1-c1cc(F)cc(F)c1.Clc1cccnc1. The highest BCUT2D eigenvalue weighted by Crippen LogP contribution is 2.24. The van der Waals surface area contributed by atoms with Crippen LogP contribution in [0.15, 0.2) is 67.3 Å². The Labute approximate surface area is 226 Å². The molecule has 0 bridgehead atoms. The lowest BCUT2D eigenvalue weighted by Gasteiger charge is -2.33. The van der Waals surface area contributed by atoms with E-state index in [-0.39, 0.29) is 0 Å². The van der Waals surface area contributed by atoms with Crippen LogP contribution in [0.25, 0.3) is 11.3 Å². The number of hydrogen-bond acceptors (Lipinski definition) is 6. The molecule has 0 spiro atoms. The lowest BCUT2D eigenvalue weighted by Crippen LogP contribution is -2.46. The maximum atomic E-state index is 13.4. The van der Waals surface area contributed by atoms with Gasteiger partial charge in [-0.3, -0.25) is 19.7 Å². The first-order valence-electron chi connectivity index (χ1n) is 11.9. The van der Waals surface area contributed by atoms with Crippen LogP contribution in [0.2, 0.25) is 5.02 Å². The van der Waals surface area contributed by atoms with Crippen molar-refractivity contribution in [3.05, 3.63) is 101 Å². The molecular formula is C28H29ClF2N6O. The molecule has 0 saturated carbocycles. The lowest BCUT2D eigenvalue weighted by atomic mass is 10.1. The van der Waals surface area contributed by atoms with Gasteiger partial charge in [-0.1, -0.05) is 17.7 Å². The molecule has 0 radical (unpaired) electrons. The van der Waals surface area contributed by atoms with E-state index >= 15 is 0 Å². The van der Waals surface area contributed by atoms with Gasteiger partial charge >= 0.3 is 0 Å². The number of hydrogen-bond donors (Lipinski definition) is 0. The van der Waals surface area contributed by atoms with E-state index < -0.39 is 11.6 Å². The molecule has 1 aliphatic heterocycles. The van der Waals surface area contributed by atoms with E-state index in [4.69, 9.17) is 11.6 Å². The molecule has 1 amide bonds. The van der Waals surface area contributed by atoms with Crippen molar-refractivity contribution in [1.82, 2.24) is 24.8 Å². The molecule has 5 rings (SSSR count). The highest BCUT2D eigenvalue weighted by molar-refractivity contribution is 6.30. The fourth-order valence-electron chi connectivity index (χ4n) is 3.56. The third-order valence-electron chi connectivity index (χ3n) is 5.75. The molecule has 198 valence electrons. The predicted molar refractivity (Wildman–Crippen MR) is 145 cm³/mol. The van der Waals surface area contributed by atoms with E-state index in [1.807, 2.05) is 24.1 Å². The van der Waals surface area contributed by atoms with Gasteiger partial charge in [-0.2, -0.15) is 0 Å². The number of carbonyl (C=O) groups is 1. The fraction of sp³-hybridized carbons (Fsp3) is 0.250. The van der Waals surface area contributed by atoms with E-state index in [0.717, 1.165) is 18.2 Å². The molecule has 7 nitrogen and oxygen atoms in total. The highest BCUT2D eigenvalue weighted by Gasteiger charge is 2.18. The molecule has 0 N–H and O–H groups in total. The standard InChI is InChI=1S/C16H16F2N4O.C7H9N.C5H4ClN/c1-11-16(12-6-13(17)8-14(18)7-12)19-9-15(20-11)22-4-2-21(10-23)3-5-22;1-6-4-3-5-8-7(6)2;6-5-2-1-3-7-4-5/h6-10H,2-5H2,1H3;3-5H,1-2H3;1-4H. The van der Waals surface area contributed by atoms with Gasteiger partial charge < -0.3 is 9.80 Å². The molecule has 10 heteroatoms. The van der Waals surface area contributed by atoms with Crippen LogP contribution < -0.4 is 4.90 Å². The second kappa shape index (κ2) is 14.1.